The van der Waals surface area contributed by atoms with E-state index in [0.717, 1.165) is 18.9 Å². The molecule has 0 spiro atoms. The fourth-order valence-corrected chi connectivity index (χ4v) is 4.55. The maximum absolute atomic E-state index is 15.4. The number of aromatic amines is 1. The summed E-state index contributed by atoms with van der Waals surface area (Å²) < 4.78 is 35.3. The second kappa shape index (κ2) is 9.70. The predicted molar refractivity (Wildman–Crippen MR) is 135 cm³/mol. The number of aliphatic carboxylic acids is 1. The Hall–Kier alpha value is -4.77. The third-order valence-electron chi connectivity index (χ3n) is 6.40. The summed E-state index contributed by atoms with van der Waals surface area (Å²) in [5, 5.41) is 25.4. The molecule has 184 valence electrons. The number of ether oxygens (including phenoxy) is 1. The summed E-state index contributed by atoms with van der Waals surface area (Å²) >= 11 is 0. The minimum Gasteiger partial charge on any atom is -0.497 e. The van der Waals surface area contributed by atoms with E-state index >= 15 is 4.39 Å². The van der Waals surface area contributed by atoms with Gasteiger partial charge in [-0.05, 0) is 65.3 Å². The van der Waals surface area contributed by atoms with Crippen LogP contribution in [0.15, 0.2) is 60.7 Å². The summed E-state index contributed by atoms with van der Waals surface area (Å²) in [4.78, 5) is 10.9. The number of rotatable bonds is 7. The summed E-state index contributed by atoms with van der Waals surface area (Å²) in [6.45, 7) is 0. The molecular weight excluding hydrogens is 476 g/mol. The first-order valence-corrected chi connectivity index (χ1v) is 11.6. The molecule has 6 nitrogen and oxygen atoms in total. The number of allylic oxidation sites excluding steroid dienone is 1. The molecule has 3 aromatic carbocycles. The number of carboxylic acid groups (broad SMARTS) is 1. The van der Waals surface area contributed by atoms with Gasteiger partial charge in [-0.15, -0.1) is 0 Å². The number of methoxy groups -OCH3 is 1. The summed E-state index contributed by atoms with van der Waals surface area (Å²) in [6.07, 6.45) is 4.19. The van der Waals surface area contributed by atoms with Gasteiger partial charge in [-0.3, -0.25) is 5.10 Å². The highest BCUT2D eigenvalue weighted by molar-refractivity contribution is 6.04. The number of nitrogens with zero attached hydrogens (tertiary/aromatic N) is 2. The van der Waals surface area contributed by atoms with Crippen LogP contribution in [0.25, 0.3) is 28.1 Å². The number of nitriles is 1. The highest BCUT2D eigenvalue weighted by atomic mass is 19.1. The van der Waals surface area contributed by atoms with Crippen molar-refractivity contribution in [1.29, 1.82) is 5.26 Å². The summed E-state index contributed by atoms with van der Waals surface area (Å²) in [5.74, 6) is -1.82. The zero-order valence-electron chi connectivity index (χ0n) is 19.8. The van der Waals surface area contributed by atoms with Crippen LogP contribution in [0.5, 0.6) is 5.75 Å². The van der Waals surface area contributed by atoms with Crippen molar-refractivity contribution >= 4 is 34.1 Å². The van der Waals surface area contributed by atoms with Gasteiger partial charge in [-0.25, -0.2) is 9.18 Å². The number of carboxylic acids is 1. The fraction of sp³-hybridized carbons (Fsp3) is 0.138. The summed E-state index contributed by atoms with van der Waals surface area (Å²) in [7, 11) is 1.46. The van der Waals surface area contributed by atoms with Crippen molar-refractivity contribution in [2.24, 2.45) is 5.92 Å². The maximum atomic E-state index is 15.4. The van der Waals surface area contributed by atoms with E-state index in [9.17, 15) is 14.4 Å². The Morgan fingerprint density at radius 2 is 1.86 bits per heavy atom. The van der Waals surface area contributed by atoms with Gasteiger partial charge in [0.2, 0.25) is 5.95 Å². The normalized spacial score (nSPS) is 14.0. The first-order valence-electron chi connectivity index (χ1n) is 11.6. The van der Waals surface area contributed by atoms with Crippen molar-refractivity contribution in [1.82, 2.24) is 10.2 Å². The molecule has 8 heteroatoms. The molecule has 0 amide bonds. The Kier molecular flexibility index (Phi) is 6.28. The second-order valence-electron chi connectivity index (χ2n) is 8.73. The van der Waals surface area contributed by atoms with E-state index in [1.807, 2.05) is 0 Å². The van der Waals surface area contributed by atoms with Gasteiger partial charge in [0, 0.05) is 23.3 Å². The minimum absolute atomic E-state index is 0.0425. The number of carbonyl (C=O) groups is 1. The van der Waals surface area contributed by atoms with Gasteiger partial charge in [0.05, 0.1) is 23.6 Å². The van der Waals surface area contributed by atoms with E-state index in [1.54, 1.807) is 48.5 Å². The van der Waals surface area contributed by atoms with Crippen LogP contribution in [0.2, 0.25) is 0 Å². The van der Waals surface area contributed by atoms with Crippen molar-refractivity contribution in [3.05, 3.63) is 100 Å². The molecule has 0 bridgehead atoms. The molecule has 4 aromatic rings. The fourth-order valence-electron chi connectivity index (χ4n) is 4.55. The molecule has 2 N–H and O–H groups in total. The highest BCUT2D eigenvalue weighted by Crippen LogP contribution is 2.49. The quantitative estimate of drug-likeness (QED) is 0.234. The van der Waals surface area contributed by atoms with Crippen LogP contribution >= 0.6 is 0 Å². The average molecular weight is 498 g/mol. The third kappa shape index (κ3) is 4.59. The first kappa shape index (κ1) is 23.9. The van der Waals surface area contributed by atoms with Gasteiger partial charge in [-0.2, -0.15) is 14.8 Å². The molecule has 37 heavy (non-hydrogen) atoms. The van der Waals surface area contributed by atoms with Crippen molar-refractivity contribution in [2.45, 2.75) is 12.8 Å². The predicted octanol–water partition coefficient (Wildman–Crippen LogP) is 6.19. The van der Waals surface area contributed by atoms with Crippen LogP contribution in [0.3, 0.4) is 0 Å². The smallest absolute Gasteiger partial charge is 0.328 e. The Morgan fingerprint density at radius 3 is 2.49 bits per heavy atom. The molecule has 1 aromatic heterocycles. The lowest BCUT2D eigenvalue weighted by Crippen LogP contribution is -2.02. The molecule has 5 rings (SSSR count). The molecule has 0 saturated heterocycles. The Labute approximate surface area is 211 Å². The van der Waals surface area contributed by atoms with E-state index in [1.165, 1.54) is 19.3 Å². The van der Waals surface area contributed by atoms with Crippen molar-refractivity contribution < 1.29 is 23.4 Å². The van der Waals surface area contributed by atoms with Crippen LogP contribution in [-0.4, -0.2) is 28.4 Å². The van der Waals surface area contributed by atoms with E-state index < -0.39 is 17.7 Å². The standard InChI is InChI=1S/C29H21F2N3O3/c1-37-19-9-10-21(23(30)14-19)27(18-7-8-18)26(17-5-2-16(3-6-17)4-13-25(35)36)20-11-12-24-28(22(20)15-32)29(31)34-33-24/h2-6,9-14,18H,7-8H2,1H3,(H,33,34)(H,35,36). The zero-order chi connectivity index (χ0) is 26.1. The second-order valence-corrected chi connectivity index (χ2v) is 8.73. The van der Waals surface area contributed by atoms with E-state index in [2.05, 4.69) is 16.3 Å². The zero-order valence-corrected chi connectivity index (χ0v) is 19.8. The van der Waals surface area contributed by atoms with Gasteiger partial charge in [0.25, 0.3) is 0 Å². The molecule has 1 heterocycles. The van der Waals surface area contributed by atoms with Crippen molar-refractivity contribution in [3.63, 3.8) is 0 Å². The van der Waals surface area contributed by atoms with Gasteiger partial charge in [0.1, 0.15) is 17.6 Å². The lowest BCUT2D eigenvalue weighted by atomic mass is 9.84. The number of benzene rings is 3. The maximum Gasteiger partial charge on any atom is 0.328 e. The van der Waals surface area contributed by atoms with E-state index in [4.69, 9.17) is 9.84 Å². The van der Waals surface area contributed by atoms with Crippen LogP contribution in [0, 0.1) is 29.0 Å². The van der Waals surface area contributed by atoms with Gasteiger partial charge >= 0.3 is 5.97 Å². The lowest BCUT2D eigenvalue weighted by Gasteiger charge is -2.19. The Bertz CT molecular complexity index is 1620. The lowest BCUT2D eigenvalue weighted by molar-refractivity contribution is -0.131. The topological polar surface area (TPSA) is 99.0 Å². The molecule has 0 aliphatic heterocycles. The number of nitrogens with one attached hydrogen (secondary N) is 1. The number of halogens is 2. The van der Waals surface area contributed by atoms with E-state index in [0.29, 0.717) is 44.7 Å². The number of aromatic nitrogens is 2. The van der Waals surface area contributed by atoms with E-state index in [-0.39, 0.29) is 16.9 Å². The van der Waals surface area contributed by atoms with Gasteiger partial charge in [0.15, 0.2) is 0 Å². The average Bonchev–Trinajstić information content (AvgIpc) is 3.68. The summed E-state index contributed by atoms with van der Waals surface area (Å²) in [5.41, 5.74) is 3.92. The van der Waals surface area contributed by atoms with Crippen molar-refractivity contribution in [3.8, 4) is 11.8 Å². The summed E-state index contributed by atoms with van der Waals surface area (Å²) in [6, 6.07) is 17.2. The monoisotopic (exact) mass is 497 g/mol. The molecule has 1 aliphatic carbocycles. The molecule has 0 radical (unpaired) electrons. The molecule has 0 unspecified atom stereocenters. The molecule has 1 aliphatic rings. The van der Waals surface area contributed by atoms with Crippen LogP contribution in [-0.2, 0) is 4.79 Å². The van der Waals surface area contributed by atoms with Crippen LogP contribution < -0.4 is 4.74 Å². The number of hydrogen-bond acceptors (Lipinski definition) is 4. The molecule has 1 saturated carbocycles. The third-order valence-corrected chi connectivity index (χ3v) is 6.40. The minimum atomic E-state index is -1.07. The van der Waals surface area contributed by atoms with Crippen LogP contribution in [0.4, 0.5) is 8.78 Å². The largest absolute Gasteiger partial charge is 0.497 e. The number of H-pyrrole nitrogens is 1. The van der Waals surface area contributed by atoms with Gasteiger partial charge in [-0.1, -0.05) is 30.3 Å². The number of hydrogen-bond donors (Lipinski definition) is 2. The molecule has 0 atom stereocenters. The van der Waals surface area contributed by atoms with Gasteiger partial charge < -0.3 is 9.84 Å². The van der Waals surface area contributed by atoms with Crippen LogP contribution in [0.1, 0.15) is 40.7 Å². The first-order chi connectivity index (χ1) is 17.9. The highest BCUT2D eigenvalue weighted by Gasteiger charge is 2.33. The molecular formula is C29H21F2N3O3. The molecule has 1 fully saturated rings. The SMILES string of the molecule is COc1ccc(C(=C(c2ccc(C=CC(=O)O)cc2)c2ccc3n[nH]c(F)c3c2C#N)C2CC2)c(F)c1. The van der Waals surface area contributed by atoms with Crippen molar-refractivity contribution in [2.75, 3.05) is 7.11 Å². The Balaban J connectivity index is 1.82. The number of fused-ring (bicyclic) bond motifs is 1. The Morgan fingerprint density at radius 1 is 1.14 bits per heavy atom.